The molecule has 0 nitrogen and oxygen atoms in total. The molecule has 106 valence electrons. The van der Waals surface area contributed by atoms with E-state index in [-0.39, 0.29) is 0 Å². The average molecular weight is 250 g/mol. The van der Waals surface area contributed by atoms with Gasteiger partial charge in [-0.2, -0.15) is 0 Å². The summed E-state index contributed by atoms with van der Waals surface area (Å²) in [6.07, 6.45) is 8.01. The molecule has 0 N–H and O–H groups in total. The maximum Gasteiger partial charge on any atom is -0.0276 e. The van der Waals surface area contributed by atoms with E-state index in [4.69, 9.17) is 0 Å². The zero-order valence-corrected chi connectivity index (χ0v) is 13.6. The van der Waals surface area contributed by atoms with Crippen LogP contribution in [-0.2, 0) is 12.8 Å². The first-order valence-corrected chi connectivity index (χ1v) is 7.95. The fourth-order valence-electron chi connectivity index (χ4n) is 1.68. The third kappa shape index (κ3) is 9.27. The van der Waals surface area contributed by atoms with Gasteiger partial charge in [0, 0.05) is 0 Å². The van der Waals surface area contributed by atoms with Crippen LogP contribution in [0.3, 0.4) is 0 Å². The van der Waals surface area contributed by atoms with Crippen LogP contribution in [0.25, 0.3) is 0 Å². The monoisotopic (exact) mass is 250 g/mol. The third-order valence-electron chi connectivity index (χ3n) is 2.76. The van der Waals surface area contributed by atoms with Crippen LogP contribution in [0, 0.1) is 0 Å². The van der Waals surface area contributed by atoms with Crippen LogP contribution in [0.15, 0.2) is 24.3 Å². The molecule has 0 atom stereocenters. The van der Waals surface area contributed by atoms with Crippen LogP contribution in [0.2, 0.25) is 0 Å². The van der Waals surface area contributed by atoms with E-state index in [1.165, 1.54) is 38.5 Å². The molecular formula is C18H34. The Morgan fingerprint density at radius 3 is 1.33 bits per heavy atom. The fraction of sp³-hybridized carbons (Fsp3) is 0.667. The lowest BCUT2D eigenvalue weighted by molar-refractivity contribution is 0.685. The third-order valence-corrected chi connectivity index (χ3v) is 2.76. The summed E-state index contributed by atoms with van der Waals surface area (Å²) >= 11 is 0. The predicted molar refractivity (Wildman–Crippen MR) is 86.4 cm³/mol. The van der Waals surface area contributed by atoms with Gasteiger partial charge in [0.2, 0.25) is 0 Å². The van der Waals surface area contributed by atoms with Crippen LogP contribution in [0.1, 0.15) is 78.4 Å². The van der Waals surface area contributed by atoms with Gasteiger partial charge in [0.25, 0.3) is 0 Å². The van der Waals surface area contributed by atoms with Gasteiger partial charge in [-0.15, -0.1) is 0 Å². The number of aryl methyl sites for hydroxylation is 2. The number of hydrogen-bond acceptors (Lipinski definition) is 0. The van der Waals surface area contributed by atoms with Crippen molar-refractivity contribution in [1.29, 1.82) is 0 Å². The van der Waals surface area contributed by atoms with Crippen LogP contribution in [-0.4, -0.2) is 0 Å². The molecule has 0 aromatic heterocycles. The molecule has 0 heteroatoms. The number of rotatable bonds is 1. The molecule has 0 saturated heterocycles. The first kappa shape index (κ1) is 19.6. The minimum Gasteiger partial charge on any atom is -0.0683 e. The summed E-state index contributed by atoms with van der Waals surface area (Å²) in [5, 5.41) is 0. The Balaban J connectivity index is 0. The zero-order chi connectivity index (χ0) is 14.2. The normalized spacial score (nSPS) is 11.4. The van der Waals surface area contributed by atoms with Crippen LogP contribution in [0.4, 0.5) is 0 Å². The molecule has 0 heterocycles. The molecule has 0 amide bonds. The topological polar surface area (TPSA) is 0 Å². The lowest BCUT2D eigenvalue weighted by Crippen LogP contribution is -2.00. The van der Waals surface area contributed by atoms with Gasteiger partial charge in [0.05, 0.1) is 0 Å². The highest BCUT2D eigenvalue weighted by Gasteiger charge is 2.05. The Morgan fingerprint density at radius 1 is 0.722 bits per heavy atom. The van der Waals surface area contributed by atoms with E-state index in [2.05, 4.69) is 38.1 Å². The van der Waals surface area contributed by atoms with Crippen LogP contribution in [0.5, 0.6) is 0 Å². The molecule has 1 aromatic rings. The fourth-order valence-corrected chi connectivity index (χ4v) is 1.68. The van der Waals surface area contributed by atoms with Crippen molar-refractivity contribution in [2.75, 3.05) is 0 Å². The molecule has 1 aromatic carbocycles. The van der Waals surface area contributed by atoms with E-state index in [0.717, 1.165) is 0 Å². The maximum absolute atomic E-state index is 2.26. The van der Waals surface area contributed by atoms with Gasteiger partial charge in [-0.05, 0) is 36.8 Å². The van der Waals surface area contributed by atoms with Crippen molar-refractivity contribution in [3.05, 3.63) is 35.4 Å². The van der Waals surface area contributed by atoms with Crippen LogP contribution >= 0.6 is 0 Å². The van der Waals surface area contributed by atoms with Crippen molar-refractivity contribution in [1.82, 2.24) is 0 Å². The molecule has 0 fully saturated rings. The Labute approximate surface area is 116 Å². The molecule has 1 aliphatic rings. The Bertz CT molecular complexity index is 223. The second-order valence-electron chi connectivity index (χ2n) is 3.98. The minimum atomic E-state index is 1.30. The van der Waals surface area contributed by atoms with Gasteiger partial charge in [0.1, 0.15) is 0 Å². The van der Waals surface area contributed by atoms with E-state index in [1.807, 2.05) is 27.7 Å². The van der Waals surface area contributed by atoms with Gasteiger partial charge in [-0.3, -0.25) is 0 Å². The summed E-state index contributed by atoms with van der Waals surface area (Å²) in [5.74, 6) is 0. The summed E-state index contributed by atoms with van der Waals surface area (Å²) in [6, 6.07) is 8.80. The van der Waals surface area contributed by atoms with Crippen molar-refractivity contribution in [3.63, 3.8) is 0 Å². The minimum absolute atomic E-state index is 1.30. The zero-order valence-electron chi connectivity index (χ0n) is 13.6. The number of benzene rings is 1. The largest absolute Gasteiger partial charge is 0.0683 e. The van der Waals surface area contributed by atoms with Gasteiger partial charge in [-0.1, -0.05) is 78.6 Å². The molecule has 0 spiro atoms. The SMILES string of the molecule is CC.CC.CCCC.c1ccc2c(c1)CCCC2. The molecule has 0 bridgehead atoms. The molecule has 0 unspecified atom stereocenters. The number of fused-ring (bicyclic) bond motifs is 1. The van der Waals surface area contributed by atoms with Gasteiger partial charge < -0.3 is 0 Å². The summed E-state index contributed by atoms with van der Waals surface area (Å²) in [4.78, 5) is 0. The first-order chi connectivity index (χ1) is 8.88. The lowest BCUT2D eigenvalue weighted by Gasteiger charge is -2.13. The summed E-state index contributed by atoms with van der Waals surface area (Å²) in [7, 11) is 0. The number of hydrogen-bond donors (Lipinski definition) is 0. The summed E-state index contributed by atoms with van der Waals surface area (Å²) in [5.41, 5.74) is 3.16. The maximum atomic E-state index is 2.26. The smallest absolute Gasteiger partial charge is 0.0276 e. The second kappa shape index (κ2) is 16.2. The molecule has 0 saturated carbocycles. The van der Waals surface area contributed by atoms with Crippen molar-refractivity contribution in [2.24, 2.45) is 0 Å². The number of unbranched alkanes of at least 4 members (excludes halogenated alkanes) is 1. The Hall–Kier alpha value is -0.780. The van der Waals surface area contributed by atoms with Gasteiger partial charge in [0.15, 0.2) is 0 Å². The highest BCUT2D eigenvalue weighted by atomic mass is 14.1. The van der Waals surface area contributed by atoms with Crippen LogP contribution < -0.4 is 0 Å². The molecule has 1 aliphatic carbocycles. The van der Waals surface area contributed by atoms with E-state index in [0.29, 0.717) is 0 Å². The molecule has 0 radical (unpaired) electrons. The van der Waals surface area contributed by atoms with Crippen molar-refractivity contribution >= 4 is 0 Å². The summed E-state index contributed by atoms with van der Waals surface area (Å²) < 4.78 is 0. The first-order valence-electron chi connectivity index (χ1n) is 7.95. The standard InChI is InChI=1S/C10H12.C4H10.2C2H6/c1-2-6-10-8-4-3-7-9(10)5-1;1-3-4-2;2*1-2/h1-2,5-6H,3-4,7-8H2;3-4H2,1-2H3;2*1-2H3. The van der Waals surface area contributed by atoms with Crippen molar-refractivity contribution < 1.29 is 0 Å². The molecule has 18 heavy (non-hydrogen) atoms. The summed E-state index contributed by atoms with van der Waals surface area (Å²) in [6.45, 7) is 12.4. The van der Waals surface area contributed by atoms with E-state index in [9.17, 15) is 0 Å². The Kier molecular flexibility index (Phi) is 17.6. The highest BCUT2D eigenvalue weighted by Crippen LogP contribution is 2.19. The van der Waals surface area contributed by atoms with E-state index >= 15 is 0 Å². The molecule has 2 rings (SSSR count). The van der Waals surface area contributed by atoms with Gasteiger partial charge >= 0.3 is 0 Å². The average Bonchev–Trinajstić information content (AvgIpc) is 2.51. The quantitative estimate of drug-likeness (QED) is 0.539. The van der Waals surface area contributed by atoms with E-state index in [1.54, 1.807) is 11.1 Å². The van der Waals surface area contributed by atoms with Crippen molar-refractivity contribution in [3.8, 4) is 0 Å². The Morgan fingerprint density at radius 2 is 1.06 bits per heavy atom. The molecular weight excluding hydrogens is 216 g/mol. The lowest BCUT2D eigenvalue weighted by atomic mass is 9.92. The second-order valence-corrected chi connectivity index (χ2v) is 3.98. The predicted octanol–water partition coefficient (Wildman–Crippen LogP) is 6.42. The van der Waals surface area contributed by atoms with Crippen molar-refractivity contribution in [2.45, 2.75) is 80.1 Å². The van der Waals surface area contributed by atoms with Gasteiger partial charge in [-0.25, -0.2) is 0 Å². The highest BCUT2D eigenvalue weighted by molar-refractivity contribution is 5.28. The van der Waals surface area contributed by atoms with E-state index < -0.39 is 0 Å². The molecule has 0 aliphatic heterocycles.